The minimum absolute atomic E-state index is 0. The van der Waals surface area contributed by atoms with E-state index < -0.39 is 5.60 Å². The number of nitrogens with zero attached hydrogens (tertiary/aromatic N) is 2. The predicted molar refractivity (Wildman–Crippen MR) is 137 cm³/mol. The molecule has 0 bridgehead atoms. The molecule has 3 rings (SSSR count). The van der Waals surface area contributed by atoms with Crippen LogP contribution in [0.1, 0.15) is 58.1 Å². The van der Waals surface area contributed by atoms with Crippen molar-refractivity contribution in [3.05, 3.63) is 29.8 Å². The molecule has 3 unspecified atom stereocenters. The van der Waals surface area contributed by atoms with Gasteiger partial charge in [-0.05, 0) is 63.0 Å². The van der Waals surface area contributed by atoms with Gasteiger partial charge in [0.2, 0.25) is 0 Å². The van der Waals surface area contributed by atoms with Gasteiger partial charge in [0.1, 0.15) is 0 Å². The minimum Gasteiger partial charge on any atom is -0.387 e. The number of hydrogen-bond acceptors (Lipinski definition) is 4. The van der Waals surface area contributed by atoms with Crippen molar-refractivity contribution >= 4 is 47.4 Å². The summed E-state index contributed by atoms with van der Waals surface area (Å²) in [5.74, 6) is 1.82. The van der Waals surface area contributed by atoms with E-state index in [1.54, 1.807) is 0 Å². The summed E-state index contributed by atoms with van der Waals surface area (Å²) in [6.45, 7) is 9.97. The van der Waals surface area contributed by atoms with Crippen LogP contribution in [-0.2, 0) is 0 Å². The summed E-state index contributed by atoms with van der Waals surface area (Å²) in [6.07, 6.45) is 4.51. The Bertz CT molecular complexity index is 668. The molecule has 2 fully saturated rings. The van der Waals surface area contributed by atoms with E-state index in [-0.39, 0.29) is 30.0 Å². The average Bonchev–Trinajstić information content (AvgIpc) is 3.24. The van der Waals surface area contributed by atoms with Crippen molar-refractivity contribution in [3.8, 4) is 0 Å². The van der Waals surface area contributed by atoms with Crippen LogP contribution in [0.5, 0.6) is 0 Å². The quantitative estimate of drug-likeness (QED) is 0.267. The topological polar surface area (TPSA) is 59.9 Å². The molecule has 2 aliphatic rings. The maximum Gasteiger partial charge on any atom is 0.191 e. The minimum atomic E-state index is -0.651. The molecule has 7 heteroatoms. The normalized spacial score (nSPS) is 25.2. The zero-order valence-electron chi connectivity index (χ0n) is 18.0. The van der Waals surface area contributed by atoms with Crippen molar-refractivity contribution in [2.24, 2.45) is 4.99 Å². The Morgan fingerprint density at radius 1 is 1.34 bits per heavy atom. The van der Waals surface area contributed by atoms with Gasteiger partial charge < -0.3 is 20.6 Å². The van der Waals surface area contributed by atoms with Gasteiger partial charge in [0.05, 0.1) is 18.2 Å². The highest BCUT2D eigenvalue weighted by atomic mass is 127. The molecule has 0 amide bonds. The van der Waals surface area contributed by atoms with E-state index in [4.69, 9.17) is 4.99 Å². The second-order valence-electron chi connectivity index (χ2n) is 7.94. The third-order valence-electron chi connectivity index (χ3n) is 5.86. The zero-order chi connectivity index (χ0) is 20.0. The molecule has 164 valence electrons. The van der Waals surface area contributed by atoms with Gasteiger partial charge in [0.15, 0.2) is 5.96 Å². The maximum absolute atomic E-state index is 10.8. The first-order valence-electron chi connectivity index (χ1n) is 10.8. The Morgan fingerprint density at radius 3 is 2.72 bits per heavy atom. The van der Waals surface area contributed by atoms with Crippen molar-refractivity contribution in [3.63, 3.8) is 0 Å². The summed E-state index contributed by atoms with van der Waals surface area (Å²) in [5, 5.41) is 18.0. The van der Waals surface area contributed by atoms with E-state index in [1.165, 1.54) is 24.1 Å². The molecule has 3 N–H and O–H groups in total. The van der Waals surface area contributed by atoms with Crippen LogP contribution in [0.3, 0.4) is 0 Å². The Kier molecular flexibility index (Phi) is 9.88. The molecule has 1 saturated heterocycles. The Hall–Kier alpha value is -0.670. The molecule has 1 aromatic rings. The summed E-state index contributed by atoms with van der Waals surface area (Å²) in [6, 6.07) is 8.97. The molecule has 0 aromatic heterocycles. The molecule has 1 heterocycles. The Labute approximate surface area is 197 Å². The number of benzene rings is 1. The molecule has 0 spiro atoms. The lowest BCUT2D eigenvalue weighted by Gasteiger charge is -2.44. The SMILES string of the molecule is CCNC(=NCC1(O)CCC1SCC)NC(C)c1cccc(N2CCCC2)c1.I. The highest BCUT2D eigenvalue weighted by Crippen LogP contribution is 2.41. The van der Waals surface area contributed by atoms with E-state index in [0.29, 0.717) is 11.8 Å². The molecular weight excluding hydrogens is 495 g/mol. The number of nitrogens with one attached hydrogen (secondary N) is 2. The average molecular weight is 533 g/mol. The van der Waals surface area contributed by atoms with Gasteiger partial charge in [0, 0.05) is 30.6 Å². The lowest BCUT2D eigenvalue weighted by atomic mass is 9.79. The molecule has 1 aromatic carbocycles. The molecule has 0 radical (unpaired) electrons. The zero-order valence-corrected chi connectivity index (χ0v) is 21.1. The largest absolute Gasteiger partial charge is 0.387 e. The van der Waals surface area contributed by atoms with E-state index in [1.807, 2.05) is 11.8 Å². The van der Waals surface area contributed by atoms with Crippen molar-refractivity contribution in [1.82, 2.24) is 10.6 Å². The molecule has 1 saturated carbocycles. The third-order valence-corrected chi connectivity index (χ3v) is 7.27. The number of rotatable bonds is 8. The second kappa shape index (κ2) is 11.6. The fraction of sp³-hybridized carbons (Fsp3) is 0.682. The van der Waals surface area contributed by atoms with Crippen LogP contribution in [0.25, 0.3) is 0 Å². The molecule has 5 nitrogen and oxygen atoms in total. The van der Waals surface area contributed by atoms with Crippen molar-refractivity contribution in [2.45, 2.75) is 63.3 Å². The second-order valence-corrected chi connectivity index (χ2v) is 9.42. The monoisotopic (exact) mass is 532 g/mol. The van der Waals surface area contributed by atoms with Gasteiger partial charge in [-0.25, -0.2) is 0 Å². The van der Waals surface area contributed by atoms with Crippen molar-refractivity contribution < 1.29 is 5.11 Å². The van der Waals surface area contributed by atoms with Gasteiger partial charge in [-0.3, -0.25) is 4.99 Å². The molecule has 1 aliphatic heterocycles. The first kappa shape index (κ1) is 24.6. The molecule has 29 heavy (non-hydrogen) atoms. The molecular formula is C22H37IN4OS. The number of aliphatic imine (C=N–C) groups is 1. The third kappa shape index (κ3) is 6.40. The van der Waals surface area contributed by atoms with Crippen molar-refractivity contribution in [2.75, 3.05) is 36.8 Å². The summed E-state index contributed by atoms with van der Waals surface area (Å²) >= 11 is 1.85. The first-order chi connectivity index (χ1) is 13.6. The summed E-state index contributed by atoms with van der Waals surface area (Å²) < 4.78 is 0. The van der Waals surface area contributed by atoms with Gasteiger partial charge in [-0.1, -0.05) is 19.1 Å². The molecule has 3 atom stereocenters. The highest BCUT2D eigenvalue weighted by molar-refractivity contribution is 14.0. The summed E-state index contributed by atoms with van der Waals surface area (Å²) in [7, 11) is 0. The van der Waals surface area contributed by atoms with Crippen molar-refractivity contribution in [1.29, 1.82) is 0 Å². The standard InChI is InChI=1S/C22H36N4OS.HI/c1-4-23-21(24-16-22(27)12-11-20(22)28-5-2)25-17(3)18-9-8-10-19(15-18)26-13-6-7-14-26;/h8-10,15,17,20,27H,4-7,11-14,16H2,1-3H3,(H2,23,24,25);1H. The van der Waals surface area contributed by atoms with Crippen LogP contribution >= 0.6 is 35.7 Å². The number of halogens is 1. The Morgan fingerprint density at radius 2 is 2.10 bits per heavy atom. The number of aliphatic hydroxyl groups is 1. The summed E-state index contributed by atoms with van der Waals surface area (Å²) in [5.41, 5.74) is 1.92. The van der Waals surface area contributed by atoms with Gasteiger partial charge in [0.25, 0.3) is 0 Å². The van der Waals surface area contributed by atoms with Gasteiger partial charge >= 0.3 is 0 Å². The highest BCUT2D eigenvalue weighted by Gasteiger charge is 2.45. The van der Waals surface area contributed by atoms with Crippen LogP contribution in [0.4, 0.5) is 5.69 Å². The van der Waals surface area contributed by atoms with Gasteiger partial charge in [-0.2, -0.15) is 11.8 Å². The van der Waals surface area contributed by atoms with Crippen LogP contribution in [0.2, 0.25) is 0 Å². The van der Waals surface area contributed by atoms with Crippen LogP contribution in [0.15, 0.2) is 29.3 Å². The van der Waals surface area contributed by atoms with E-state index in [2.05, 4.69) is 60.6 Å². The number of guanidine groups is 1. The van der Waals surface area contributed by atoms with Crippen LogP contribution in [-0.4, -0.2) is 53.8 Å². The van der Waals surface area contributed by atoms with E-state index >= 15 is 0 Å². The summed E-state index contributed by atoms with van der Waals surface area (Å²) in [4.78, 5) is 7.19. The van der Waals surface area contributed by atoms with E-state index in [9.17, 15) is 5.11 Å². The number of anilines is 1. The fourth-order valence-corrected chi connectivity index (χ4v) is 5.20. The predicted octanol–water partition coefficient (Wildman–Crippen LogP) is 4.17. The maximum atomic E-state index is 10.8. The smallest absolute Gasteiger partial charge is 0.191 e. The number of hydrogen-bond donors (Lipinski definition) is 3. The Balaban J connectivity index is 0.00000300. The fourth-order valence-electron chi connectivity index (χ4n) is 4.01. The lowest BCUT2D eigenvalue weighted by molar-refractivity contribution is -0.0154. The molecule has 1 aliphatic carbocycles. The van der Waals surface area contributed by atoms with Gasteiger partial charge in [-0.15, -0.1) is 24.0 Å². The number of thioether (sulfide) groups is 1. The first-order valence-corrected chi connectivity index (χ1v) is 11.8. The van der Waals surface area contributed by atoms with E-state index in [0.717, 1.165) is 44.2 Å². The van der Waals surface area contributed by atoms with Crippen LogP contribution < -0.4 is 15.5 Å². The lowest BCUT2D eigenvalue weighted by Crippen LogP contribution is -2.53. The van der Waals surface area contributed by atoms with Crippen LogP contribution in [0, 0.1) is 0 Å².